The Morgan fingerprint density at radius 2 is 2.06 bits per heavy atom. The summed E-state index contributed by atoms with van der Waals surface area (Å²) in [7, 11) is 0. The third kappa shape index (κ3) is 3.21. The van der Waals surface area contributed by atoms with E-state index < -0.39 is 5.97 Å². The molecule has 3 nitrogen and oxygen atoms in total. The first-order valence-corrected chi connectivity index (χ1v) is 5.56. The average molecular weight is 230 g/mol. The quantitative estimate of drug-likeness (QED) is 0.864. The lowest BCUT2D eigenvalue weighted by Gasteiger charge is -2.10. The fourth-order valence-electron chi connectivity index (χ4n) is 1.64. The fraction of sp³-hybridized carbons (Fsp3) is 0.214. The number of hydrogen-bond acceptors (Lipinski definition) is 2. The molecule has 0 aromatic heterocycles. The van der Waals surface area contributed by atoms with Crippen molar-refractivity contribution in [2.24, 2.45) is 0 Å². The maximum Gasteiger partial charge on any atom is 0.335 e. The molecule has 0 spiro atoms. The molecule has 0 unspecified atom stereocenters. The second-order valence-electron chi connectivity index (χ2n) is 3.91. The molecule has 1 aliphatic carbocycles. The second kappa shape index (κ2) is 5.34. The van der Waals surface area contributed by atoms with Crippen LogP contribution in [0.25, 0.3) is 0 Å². The van der Waals surface area contributed by atoms with Gasteiger partial charge in [-0.15, -0.1) is 0 Å². The van der Waals surface area contributed by atoms with Gasteiger partial charge in [-0.05, 0) is 42.7 Å². The summed E-state index contributed by atoms with van der Waals surface area (Å²) in [4.78, 5) is 10.7. The van der Waals surface area contributed by atoms with E-state index in [4.69, 9.17) is 9.84 Å². The summed E-state index contributed by atoms with van der Waals surface area (Å²) in [5, 5.41) is 8.75. The zero-order chi connectivity index (χ0) is 12.1. The molecule has 2 rings (SSSR count). The highest BCUT2D eigenvalue weighted by molar-refractivity contribution is 5.87. The van der Waals surface area contributed by atoms with Crippen LogP contribution in [0.15, 0.2) is 48.1 Å². The molecule has 0 atom stereocenters. The third-order valence-electron chi connectivity index (χ3n) is 2.63. The summed E-state index contributed by atoms with van der Waals surface area (Å²) in [6.45, 7) is 0.566. The number of carboxylic acid groups (broad SMARTS) is 1. The number of carboxylic acids is 1. The highest BCUT2D eigenvalue weighted by atomic mass is 16.5. The maximum atomic E-state index is 10.7. The first-order valence-electron chi connectivity index (χ1n) is 5.56. The Bertz CT molecular complexity index is 455. The van der Waals surface area contributed by atoms with Crippen LogP contribution in [0.1, 0.15) is 23.2 Å². The number of rotatable bonds is 4. The van der Waals surface area contributed by atoms with E-state index in [9.17, 15) is 4.79 Å². The van der Waals surface area contributed by atoms with Crippen molar-refractivity contribution in [3.63, 3.8) is 0 Å². The Kier molecular flexibility index (Phi) is 3.60. The van der Waals surface area contributed by atoms with Gasteiger partial charge in [0.25, 0.3) is 0 Å². The molecule has 0 heterocycles. The van der Waals surface area contributed by atoms with Crippen LogP contribution in [-0.4, -0.2) is 17.7 Å². The zero-order valence-corrected chi connectivity index (χ0v) is 9.43. The highest BCUT2D eigenvalue weighted by Crippen LogP contribution is 2.16. The molecule has 3 heteroatoms. The van der Waals surface area contributed by atoms with Crippen molar-refractivity contribution in [1.29, 1.82) is 0 Å². The van der Waals surface area contributed by atoms with Crippen molar-refractivity contribution in [3.05, 3.63) is 53.6 Å². The molecule has 0 aliphatic heterocycles. The van der Waals surface area contributed by atoms with Crippen LogP contribution in [0.3, 0.4) is 0 Å². The van der Waals surface area contributed by atoms with Crippen LogP contribution in [0.4, 0.5) is 0 Å². The summed E-state index contributed by atoms with van der Waals surface area (Å²) >= 11 is 0. The molecule has 0 radical (unpaired) electrons. The largest absolute Gasteiger partial charge is 0.489 e. The molecule has 0 fully saturated rings. The number of allylic oxidation sites excluding steroid dienone is 3. The van der Waals surface area contributed by atoms with Crippen LogP contribution in [0.2, 0.25) is 0 Å². The van der Waals surface area contributed by atoms with Gasteiger partial charge in [-0.1, -0.05) is 18.2 Å². The first kappa shape index (κ1) is 11.5. The van der Waals surface area contributed by atoms with Gasteiger partial charge >= 0.3 is 5.97 Å². The van der Waals surface area contributed by atoms with Gasteiger partial charge in [-0.3, -0.25) is 0 Å². The van der Waals surface area contributed by atoms with E-state index in [1.807, 2.05) is 6.08 Å². The summed E-state index contributed by atoms with van der Waals surface area (Å²) < 4.78 is 5.59. The van der Waals surface area contributed by atoms with E-state index in [2.05, 4.69) is 12.2 Å². The minimum absolute atomic E-state index is 0.275. The van der Waals surface area contributed by atoms with Gasteiger partial charge in [0.15, 0.2) is 0 Å². The van der Waals surface area contributed by atoms with E-state index >= 15 is 0 Å². The molecule has 0 bridgehead atoms. The van der Waals surface area contributed by atoms with E-state index in [0.29, 0.717) is 12.4 Å². The molecule has 1 aliphatic rings. The Balaban J connectivity index is 1.93. The smallest absolute Gasteiger partial charge is 0.335 e. The fourth-order valence-corrected chi connectivity index (χ4v) is 1.64. The van der Waals surface area contributed by atoms with E-state index in [1.54, 1.807) is 24.3 Å². The number of aromatic carboxylic acids is 1. The van der Waals surface area contributed by atoms with Gasteiger partial charge in [0.05, 0.1) is 5.56 Å². The van der Waals surface area contributed by atoms with Gasteiger partial charge in [-0.2, -0.15) is 0 Å². The van der Waals surface area contributed by atoms with E-state index in [0.717, 1.165) is 12.8 Å². The average Bonchev–Trinajstić information content (AvgIpc) is 2.38. The summed E-state index contributed by atoms with van der Waals surface area (Å²) in [5.74, 6) is -0.220. The van der Waals surface area contributed by atoms with Crippen molar-refractivity contribution < 1.29 is 14.6 Å². The van der Waals surface area contributed by atoms with Crippen LogP contribution in [0, 0.1) is 0 Å². The monoisotopic (exact) mass is 230 g/mol. The lowest BCUT2D eigenvalue weighted by atomic mass is 10.1. The highest BCUT2D eigenvalue weighted by Gasteiger charge is 2.03. The van der Waals surface area contributed by atoms with Crippen molar-refractivity contribution in [2.45, 2.75) is 12.8 Å². The van der Waals surface area contributed by atoms with Gasteiger partial charge in [0.2, 0.25) is 0 Å². The van der Waals surface area contributed by atoms with Crippen LogP contribution < -0.4 is 4.74 Å². The molecule has 1 N–H and O–H groups in total. The first-order chi connectivity index (χ1) is 8.25. The van der Waals surface area contributed by atoms with Crippen LogP contribution >= 0.6 is 0 Å². The molecular weight excluding hydrogens is 216 g/mol. The van der Waals surface area contributed by atoms with E-state index in [1.165, 1.54) is 5.57 Å². The lowest BCUT2D eigenvalue weighted by molar-refractivity contribution is 0.0697. The SMILES string of the molecule is O=C(O)c1ccc(OCC2=CC=CCC2)cc1. The molecule has 0 amide bonds. The Morgan fingerprint density at radius 1 is 1.29 bits per heavy atom. The summed E-state index contributed by atoms with van der Waals surface area (Å²) in [5.41, 5.74) is 1.53. The second-order valence-corrected chi connectivity index (χ2v) is 3.91. The van der Waals surface area contributed by atoms with Gasteiger partial charge in [-0.25, -0.2) is 4.79 Å². The standard InChI is InChI=1S/C14H14O3/c15-14(16)12-6-8-13(9-7-12)17-10-11-4-2-1-3-5-11/h1-2,4,6-9H,3,5,10H2,(H,15,16). The van der Waals surface area contributed by atoms with Crippen molar-refractivity contribution in [2.75, 3.05) is 6.61 Å². The van der Waals surface area contributed by atoms with Gasteiger partial charge in [0.1, 0.15) is 12.4 Å². The van der Waals surface area contributed by atoms with Crippen LogP contribution in [0.5, 0.6) is 5.75 Å². The zero-order valence-electron chi connectivity index (χ0n) is 9.43. The molecular formula is C14H14O3. The third-order valence-corrected chi connectivity index (χ3v) is 2.63. The Hall–Kier alpha value is -2.03. The maximum absolute atomic E-state index is 10.7. The van der Waals surface area contributed by atoms with E-state index in [-0.39, 0.29) is 5.56 Å². The van der Waals surface area contributed by atoms with Crippen molar-refractivity contribution >= 4 is 5.97 Å². The minimum Gasteiger partial charge on any atom is -0.489 e. The van der Waals surface area contributed by atoms with Crippen molar-refractivity contribution in [3.8, 4) is 5.75 Å². The minimum atomic E-state index is -0.920. The molecule has 0 saturated carbocycles. The molecule has 0 saturated heterocycles. The van der Waals surface area contributed by atoms with Gasteiger partial charge < -0.3 is 9.84 Å². The lowest BCUT2D eigenvalue weighted by Crippen LogP contribution is -2.03. The molecule has 88 valence electrons. The predicted molar refractivity (Wildman–Crippen MR) is 65.4 cm³/mol. The number of ether oxygens (including phenoxy) is 1. The topological polar surface area (TPSA) is 46.5 Å². The summed E-state index contributed by atoms with van der Waals surface area (Å²) in [6.07, 6.45) is 8.33. The Morgan fingerprint density at radius 3 is 2.65 bits per heavy atom. The number of benzene rings is 1. The number of carbonyl (C=O) groups is 1. The number of hydrogen-bond donors (Lipinski definition) is 1. The van der Waals surface area contributed by atoms with Crippen molar-refractivity contribution in [1.82, 2.24) is 0 Å². The molecule has 1 aromatic rings. The normalized spacial score (nSPS) is 14.2. The molecule has 17 heavy (non-hydrogen) atoms. The predicted octanol–water partition coefficient (Wildman–Crippen LogP) is 3.04. The van der Waals surface area contributed by atoms with Crippen LogP contribution in [-0.2, 0) is 0 Å². The summed E-state index contributed by atoms with van der Waals surface area (Å²) in [6, 6.07) is 6.46. The Labute approximate surface area is 100 Å². The van der Waals surface area contributed by atoms with Gasteiger partial charge in [0, 0.05) is 0 Å². The molecule has 1 aromatic carbocycles.